The summed E-state index contributed by atoms with van der Waals surface area (Å²) in [6.07, 6.45) is 2.23. The SMILES string of the molecule is C=C1C(=O)O[C@H]2C=C(C)[C@H]3CC[C@@](C)(O)[C@@H]3[C@@H](O)[C@H]12. The third kappa shape index (κ3) is 1.70. The molecule has 4 heteroatoms. The lowest BCUT2D eigenvalue weighted by Crippen LogP contribution is -2.44. The number of carbonyl (C=O) groups excluding carboxylic acids is 1. The predicted octanol–water partition coefficient (Wildman–Crippen LogP) is 1.18. The van der Waals surface area contributed by atoms with Crippen LogP contribution >= 0.6 is 0 Å². The Kier molecular flexibility index (Phi) is 2.67. The first-order valence-electron chi connectivity index (χ1n) is 6.81. The molecule has 0 spiro atoms. The van der Waals surface area contributed by atoms with Crippen molar-refractivity contribution in [2.24, 2.45) is 17.8 Å². The highest BCUT2D eigenvalue weighted by Gasteiger charge is 2.55. The number of aliphatic hydroxyl groups excluding tert-OH is 1. The van der Waals surface area contributed by atoms with Gasteiger partial charge >= 0.3 is 5.97 Å². The molecule has 2 fully saturated rings. The summed E-state index contributed by atoms with van der Waals surface area (Å²) in [4.78, 5) is 11.6. The Bertz CT molecular complexity index is 477. The van der Waals surface area contributed by atoms with E-state index in [9.17, 15) is 15.0 Å². The second-order valence-corrected chi connectivity index (χ2v) is 6.35. The van der Waals surface area contributed by atoms with Crippen LogP contribution in [0.4, 0.5) is 0 Å². The zero-order valence-corrected chi connectivity index (χ0v) is 11.3. The normalized spacial score (nSPS) is 49.3. The standard InChI is InChI=1S/C15H20O4/c1-7-6-10-11(8(2)14(17)19-10)13(16)12-9(7)4-5-15(12,3)18/h6,9-13,16,18H,2,4-5H2,1,3H3/t9-,10+,11-,12+,13+,15-/m1/s1. The van der Waals surface area contributed by atoms with Gasteiger partial charge in [0.15, 0.2) is 0 Å². The first kappa shape index (κ1) is 12.9. The van der Waals surface area contributed by atoms with Crippen molar-refractivity contribution in [2.45, 2.75) is 44.5 Å². The van der Waals surface area contributed by atoms with Gasteiger partial charge in [0, 0.05) is 11.5 Å². The van der Waals surface area contributed by atoms with Crippen LogP contribution in [0.5, 0.6) is 0 Å². The van der Waals surface area contributed by atoms with Crippen LogP contribution in [0.2, 0.25) is 0 Å². The minimum absolute atomic E-state index is 0.155. The topological polar surface area (TPSA) is 66.8 Å². The average Bonchev–Trinajstić information content (AvgIpc) is 2.73. The van der Waals surface area contributed by atoms with E-state index in [1.165, 1.54) is 0 Å². The number of rotatable bonds is 0. The van der Waals surface area contributed by atoms with Gasteiger partial charge in [-0.3, -0.25) is 0 Å². The molecule has 3 rings (SSSR count). The Morgan fingerprint density at radius 3 is 2.89 bits per heavy atom. The van der Waals surface area contributed by atoms with Gasteiger partial charge in [-0.05, 0) is 38.7 Å². The van der Waals surface area contributed by atoms with Gasteiger partial charge in [-0.1, -0.05) is 12.2 Å². The molecule has 2 N–H and O–H groups in total. The van der Waals surface area contributed by atoms with E-state index in [0.717, 1.165) is 12.0 Å². The molecule has 19 heavy (non-hydrogen) atoms. The summed E-state index contributed by atoms with van der Waals surface area (Å²) in [6.45, 7) is 7.52. The summed E-state index contributed by atoms with van der Waals surface area (Å²) in [5, 5.41) is 21.2. The molecule has 1 saturated heterocycles. The molecule has 0 amide bonds. The first-order chi connectivity index (χ1) is 8.83. The second-order valence-electron chi connectivity index (χ2n) is 6.35. The van der Waals surface area contributed by atoms with E-state index in [2.05, 4.69) is 6.58 Å². The van der Waals surface area contributed by atoms with E-state index >= 15 is 0 Å². The summed E-state index contributed by atoms with van der Waals surface area (Å²) in [5.74, 6) is -0.969. The van der Waals surface area contributed by atoms with Crippen molar-refractivity contribution >= 4 is 5.97 Å². The lowest BCUT2D eigenvalue weighted by molar-refractivity contribution is -0.137. The van der Waals surface area contributed by atoms with Crippen molar-refractivity contribution in [3.05, 3.63) is 23.8 Å². The van der Waals surface area contributed by atoms with Gasteiger partial charge in [-0.25, -0.2) is 4.79 Å². The molecule has 0 bridgehead atoms. The third-order valence-corrected chi connectivity index (χ3v) is 5.12. The van der Waals surface area contributed by atoms with E-state index in [1.807, 2.05) is 13.0 Å². The van der Waals surface area contributed by atoms with Crippen LogP contribution in [-0.4, -0.2) is 34.0 Å². The molecule has 0 radical (unpaired) electrons. The fourth-order valence-corrected chi connectivity index (χ4v) is 4.10. The minimum atomic E-state index is -0.903. The monoisotopic (exact) mass is 264 g/mol. The first-order valence-corrected chi connectivity index (χ1v) is 6.81. The number of hydrogen-bond acceptors (Lipinski definition) is 4. The quantitative estimate of drug-likeness (QED) is 0.392. The number of allylic oxidation sites excluding steroid dienone is 1. The lowest BCUT2D eigenvalue weighted by atomic mass is 9.75. The van der Waals surface area contributed by atoms with Crippen LogP contribution < -0.4 is 0 Å². The highest BCUT2D eigenvalue weighted by Crippen LogP contribution is 2.51. The fourth-order valence-electron chi connectivity index (χ4n) is 4.10. The molecule has 0 unspecified atom stereocenters. The summed E-state index contributed by atoms with van der Waals surface area (Å²) >= 11 is 0. The highest BCUT2D eigenvalue weighted by molar-refractivity contribution is 5.91. The van der Waals surface area contributed by atoms with E-state index < -0.39 is 29.7 Å². The molecule has 1 saturated carbocycles. The number of hydrogen-bond donors (Lipinski definition) is 2. The van der Waals surface area contributed by atoms with Gasteiger partial charge in [0.1, 0.15) is 6.10 Å². The van der Waals surface area contributed by atoms with Gasteiger partial charge in [-0.15, -0.1) is 0 Å². The average molecular weight is 264 g/mol. The van der Waals surface area contributed by atoms with Crippen molar-refractivity contribution < 1.29 is 19.7 Å². The van der Waals surface area contributed by atoms with Crippen molar-refractivity contribution in [2.75, 3.05) is 0 Å². The zero-order valence-electron chi connectivity index (χ0n) is 11.3. The number of esters is 1. The van der Waals surface area contributed by atoms with Crippen LogP contribution in [0.3, 0.4) is 0 Å². The third-order valence-electron chi connectivity index (χ3n) is 5.12. The van der Waals surface area contributed by atoms with Crippen molar-refractivity contribution in [3.63, 3.8) is 0 Å². The molecule has 1 aliphatic heterocycles. The Hall–Kier alpha value is -1.13. The molecule has 2 aliphatic carbocycles. The van der Waals surface area contributed by atoms with E-state index in [4.69, 9.17) is 4.74 Å². The van der Waals surface area contributed by atoms with E-state index in [1.54, 1.807) is 6.92 Å². The maximum absolute atomic E-state index is 11.6. The summed E-state index contributed by atoms with van der Waals surface area (Å²) < 4.78 is 5.28. The summed E-state index contributed by atoms with van der Waals surface area (Å²) in [6, 6.07) is 0. The maximum Gasteiger partial charge on any atom is 0.334 e. The lowest BCUT2D eigenvalue weighted by Gasteiger charge is -2.35. The van der Waals surface area contributed by atoms with Gasteiger partial charge < -0.3 is 14.9 Å². The highest BCUT2D eigenvalue weighted by atomic mass is 16.6. The van der Waals surface area contributed by atoms with Gasteiger partial charge in [-0.2, -0.15) is 0 Å². The summed E-state index contributed by atoms with van der Waals surface area (Å²) in [5.41, 5.74) is 0.515. The molecule has 104 valence electrons. The van der Waals surface area contributed by atoms with Crippen LogP contribution in [0.1, 0.15) is 26.7 Å². The van der Waals surface area contributed by atoms with E-state index in [-0.39, 0.29) is 11.8 Å². The molecule has 4 nitrogen and oxygen atoms in total. The van der Waals surface area contributed by atoms with Crippen LogP contribution in [0.25, 0.3) is 0 Å². The number of aliphatic hydroxyl groups is 2. The number of ether oxygens (including phenoxy) is 1. The smallest absolute Gasteiger partial charge is 0.334 e. The molecule has 0 aromatic rings. The van der Waals surface area contributed by atoms with Crippen LogP contribution in [-0.2, 0) is 9.53 Å². The van der Waals surface area contributed by atoms with E-state index in [0.29, 0.717) is 12.0 Å². The summed E-state index contributed by atoms with van der Waals surface area (Å²) in [7, 11) is 0. The molecule has 3 aliphatic rings. The Morgan fingerprint density at radius 2 is 2.21 bits per heavy atom. The van der Waals surface area contributed by atoms with Crippen molar-refractivity contribution in [1.29, 1.82) is 0 Å². The molecule has 6 atom stereocenters. The molecule has 0 aromatic heterocycles. The minimum Gasteiger partial charge on any atom is -0.454 e. The molecule has 0 aromatic carbocycles. The largest absolute Gasteiger partial charge is 0.454 e. The number of carbonyl (C=O) groups is 1. The van der Waals surface area contributed by atoms with Crippen molar-refractivity contribution in [3.8, 4) is 0 Å². The maximum atomic E-state index is 11.6. The molecular weight excluding hydrogens is 244 g/mol. The van der Waals surface area contributed by atoms with Gasteiger partial charge in [0.05, 0.1) is 17.6 Å². The predicted molar refractivity (Wildman–Crippen MR) is 69.1 cm³/mol. The Balaban J connectivity index is 2.06. The molecular formula is C15H20O4. The van der Waals surface area contributed by atoms with Crippen LogP contribution in [0.15, 0.2) is 23.8 Å². The Labute approximate surface area is 112 Å². The van der Waals surface area contributed by atoms with Gasteiger partial charge in [0.25, 0.3) is 0 Å². The zero-order chi connectivity index (χ0) is 13.9. The Morgan fingerprint density at radius 1 is 1.53 bits per heavy atom. The van der Waals surface area contributed by atoms with Crippen LogP contribution in [0, 0.1) is 17.8 Å². The second kappa shape index (κ2) is 3.93. The number of fused-ring (bicyclic) bond motifs is 2. The van der Waals surface area contributed by atoms with Gasteiger partial charge in [0.2, 0.25) is 0 Å². The molecule has 1 heterocycles. The fraction of sp³-hybridized carbons (Fsp3) is 0.667. The van der Waals surface area contributed by atoms with Crippen molar-refractivity contribution in [1.82, 2.24) is 0 Å².